The van der Waals surface area contributed by atoms with Crippen LogP contribution in [0.25, 0.3) is 16.9 Å². The van der Waals surface area contributed by atoms with E-state index in [-0.39, 0.29) is 5.69 Å². The topological polar surface area (TPSA) is 72.3 Å². The first-order valence-electron chi connectivity index (χ1n) is 8.75. The summed E-state index contributed by atoms with van der Waals surface area (Å²) in [4.78, 5) is 11.2. The van der Waals surface area contributed by atoms with Gasteiger partial charge in [0.05, 0.1) is 17.6 Å². The number of imidazole rings is 1. The molecule has 136 valence electrons. The Balaban J connectivity index is 1.81. The number of nitrogens with zero attached hydrogens (tertiary/aromatic N) is 5. The summed E-state index contributed by atoms with van der Waals surface area (Å²) in [5.74, 6) is 0.864. The number of hydrogen-bond acceptors (Lipinski definition) is 5. The van der Waals surface area contributed by atoms with Crippen molar-refractivity contribution in [1.29, 1.82) is 0 Å². The van der Waals surface area contributed by atoms with Gasteiger partial charge in [0.25, 0.3) is 6.43 Å². The predicted molar refractivity (Wildman–Crippen MR) is 95.1 cm³/mol. The molecule has 3 aromatic heterocycles. The third-order valence-corrected chi connectivity index (χ3v) is 4.66. The van der Waals surface area contributed by atoms with Gasteiger partial charge in [-0.2, -0.15) is 5.10 Å². The molecular weight excluding hydrogens is 338 g/mol. The van der Waals surface area contributed by atoms with Gasteiger partial charge in [-0.1, -0.05) is 0 Å². The summed E-state index contributed by atoms with van der Waals surface area (Å²) < 4.78 is 27.5. The van der Waals surface area contributed by atoms with Crippen LogP contribution in [0.1, 0.15) is 37.1 Å². The van der Waals surface area contributed by atoms with Gasteiger partial charge < -0.3 is 10.6 Å². The fourth-order valence-corrected chi connectivity index (χ4v) is 3.31. The summed E-state index contributed by atoms with van der Waals surface area (Å²) in [5, 5.41) is 4.05. The lowest BCUT2D eigenvalue weighted by Gasteiger charge is -2.28. The van der Waals surface area contributed by atoms with Gasteiger partial charge in [0.15, 0.2) is 5.65 Å². The molecule has 0 atom stereocenters. The Bertz CT molecular complexity index is 917. The maximum atomic E-state index is 13.0. The molecule has 0 radical (unpaired) electrons. The number of nitrogens with two attached hydrogens (primary N) is 1. The first kappa shape index (κ1) is 16.8. The van der Waals surface area contributed by atoms with Crippen molar-refractivity contribution in [3.8, 4) is 11.3 Å². The molecule has 0 aromatic carbocycles. The highest BCUT2D eigenvalue weighted by atomic mass is 19.3. The maximum Gasteiger partial charge on any atom is 0.282 e. The molecule has 6 nitrogen and oxygen atoms in total. The summed E-state index contributed by atoms with van der Waals surface area (Å²) in [6.45, 7) is 2.23. The number of alkyl halides is 2. The second kappa shape index (κ2) is 6.95. The van der Waals surface area contributed by atoms with Gasteiger partial charge >= 0.3 is 0 Å². The normalized spacial score (nSPS) is 15.2. The quantitative estimate of drug-likeness (QED) is 0.775. The smallest absolute Gasteiger partial charge is 0.282 e. The number of halogens is 2. The van der Waals surface area contributed by atoms with Crippen LogP contribution in [0.3, 0.4) is 0 Å². The van der Waals surface area contributed by atoms with Crippen LogP contribution >= 0.6 is 0 Å². The van der Waals surface area contributed by atoms with E-state index in [0.29, 0.717) is 17.9 Å². The molecule has 26 heavy (non-hydrogen) atoms. The molecule has 0 amide bonds. The molecule has 8 heteroatoms. The van der Waals surface area contributed by atoms with Crippen LogP contribution in [0.15, 0.2) is 30.5 Å². The molecule has 4 rings (SSSR count). The van der Waals surface area contributed by atoms with Crippen molar-refractivity contribution in [3.63, 3.8) is 0 Å². The Labute approximate surface area is 149 Å². The molecule has 0 unspecified atom stereocenters. The number of pyridine rings is 1. The van der Waals surface area contributed by atoms with Crippen molar-refractivity contribution >= 4 is 11.5 Å². The molecule has 1 aliphatic rings. The van der Waals surface area contributed by atoms with Gasteiger partial charge in [-0.25, -0.2) is 23.3 Å². The molecule has 1 fully saturated rings. The standard InChI is InChI=1S/C18H20F2N6/c19-18(20)14-4-5-16-22-11-15(26(16)24-14)12-8-13(10-21)23-17(9-12)25-6-2-1-3-7-25/h4-5,8-9,11,18H,1-3,6-7,10,21H2. The van der Waals surface area contributed by atoms with E-state index in [0.717, 1.165) is 43.0 Å². The number of aromatic nitrogens is 4. The molecule has 0 aliphatic carbocycles. The lowest BCUT2D eigenvalue weighted by Crippen LogP contribution is -2.30. The molecule has 0 bridgehead atoms. The van der Waals surface area contributed by atoms with E-state index in [1.165, 1.54) is 17.0 Å². The van der Waals surface area contributed by atoms with Crippen molar-refractivity contribution in [1.82, 2.24) is 19.6 Å². The molecule has 0 spiro atoms. The minimum atomic E-state index is -2.63. The van der Waals surface area contributed by atoms with E-state index < -0.39 is 6.43 Å². The molecule has 2 N–H and O–H groups in total. The van der Waals surface area contributed by atoms with Crippen LogP contribution in [0.4, 0.5) is 14.6 Å². The average molecular weight is 358 g/mol. The minimum Gasteiger partial charge on any atom is -0.357 e. The van der Waals surface area contributed by atoms with E-state index in [2.05, 4.69) is 20.0 Å². The number of piperidine rings is 1. The average Bonchev–Trinajstić information content (AvgIpc) is 3.11. The van der Waals surface area contributed by atoms with Gasteiger partial charge in [0, 0.05) is 25.2 Å². The highest BCUT2D eigenvalue weighted by Crippen LogP contribution is 2.27. The Kier molecular flexibility index (Phi) is 4.50. The maximum absolute atomic E-state index is 13.0. The number of hydrogen-bond donors (Lipinski definition) is 1. The van der Waals surface area contributed by atoms with E-state index in [1.807, 2.05) is 12.1 Å². The first-order chi connectivity index (χ1) is 12.7. The zero-order valence-corrected chi connectivity index (χ0v) is 14.3. The largest absolute Gasteiger partial charge is 0.357 e. The Morgan fingerprint density at radius 2 is 1.92 bits per heavy atom. The monoisotopic (exact) mass is 358 g/mol. The number of fused-ring (bicyclic) bond motifs is 1. The summed E-state index contributed by atoms with van der Waals surface area (Å²) in [7, 11) is 0. The highest BCUT2D eigenvalue weighted by molar-refractivity contribution is 5.67. The zero-order chi connectivity index (χ0) is 18.1. The van der Waals surface area contributed by atoms with Crippen LogP contribution in [0.5, 0.6) is 0 Å². The second-order valence-corrected chi connectivity index (χ2v) is 6.43. The van der Waals surface area contributed by atoms with Crippen molar-refractivity contribution < 1.29 is 8.78 Å². The number of rotatable bonds is 4. The number of anilines is 1. The Morgan fingerprint density at radius 3 is 2.65 bits per heavy atom. The third kappa shape index (κ3) is 3.12. The third-order valence-electron chi connectivity index (χ3n) is 4.66. The Morgan fingerprint density at radius 1 is 1.12 bits per heavy atom. The second-order valence-electron chi connectivity index (χ2n) is 6.43. The van der Waals surface area contributed by atoms with Gasteiger partial charge in [-0.05, 0) is 43.5 Å². The van der Waals surface area contributed by atoms with E-state index in [4.69, 9.17) is 5.73 Å². The molecule has 0 saturated carbocycles. The van der Waals surface area contributed by atoms with Crippen LogP contribution in [-0.2, 0) is 6.54 Å². The van der Waals surface area contributed by atoms with E-state index >= 15 is 0 Å². The summed E-state index contributed by atoms with van der Waals surface area (Å²) >= 11 is 0. The zero-order valence-electron chi connectivity index (χ0n) is 14.3. The van der Waals surface area contributed by atoms with Gasteiger partial charge in [0.1, 0.15) is 11.5 Å². The molecule has 3 aromatic rings. The van der Waals surface area contributed by atoms with Crippen molar-refractivity contribution in [2.24, 2.45) is 5.73 Å². The van der Waals surface area contributed by atoms with E-state index in [9.17, 15) is 8.78 Å². The summed E-state index contributed by atoms with van der Waals surface area (Å²) in [6, 6.07) is 6.68. The van der Waals surface area contributed by atoms with Crippen molar-refractivity contribution in [2.45, 2.75) is 32.2 Å². The lowest BCUT2D eigenvalue weighted by molar-refractivity contribution is 0.144. The van der Waals surface area contributed by atoms with Gasteiger partial charge in [-0.3, -0.25) is 0 Å². The fourth-order valence-electron chi connectivity index (χ4n) is 3.31. The molecule has 1 saturated heterocycles. The SMILES string of the molecule is NCc1cc(-c2cnc3ccc(C(F)F)nn23)cc(N2CCCCC2)n1. The van der Waals surface area contributed by atoms with Crippen LogP contribution in [0, 0.1) is 0 Å². The minimum absolute atomic E-state index is 0.277. The summed E-state index contributed by atoms with van der Waals surface area (Å²) in [5.41, 5.74) is 8.31. The predicted octanol–water partition coefficient (Wildman–Crippen LogP) is 3.18. The van der Waals surface area contributed by atoms with Gasteiger partial charge in [0.2, 0.25) is 0 Å². The Hall–Kier alpha value is -2.61. The van der Waals surface area contributed by atoms with Crippen LogP contribution < -0.4 is 10.6 Å². The molecular formula is C18H20F2N6. The fraction of sp³-hybridized carbons (Fsp3) is 0.389. The van der Waals surface area contributed by atoms with Crippen molar-refractivity contribution in [3.05, 3.63) is 41.9 Å². The first-order valence-corrected chi connectivity index (χ1v) is 8.75. The van der Waals surface area contributed by atoms with Crippen LogP contribution in [0.2, 0.25) is 0 Å². The molecule has 1 aliphatic heterocycles. The van der Waals surface area contributed by atoms with Crippen LogP contribution in [-0.4, -0.2) is 32.7 Å². The summed E-state index contributed by atoms with van der Waals surface area (Å²) in [6.07, 6.45) is 2.52. The highest BCUT2D eigenvalue weighted by Gasteiger charge is 2.17. The van der Waals surface area contributed by atoms with Crippen molar-refractivity contribution in [2.75, 3.05) is 18.0 Å². The lowest BCUT2D eigenvalue weighted by atomic mass is 10.1. The molecule has 4 heterocycles. The van der Waals surface area contributed by atoms with Gasteiger partial charge in [-0.15, -0.1) is 0 Å². The van der Waals surface area contributed by atoms with E-state index in [1.54, 1.807) is 12.3 Å².